The number of nitrogens with one attached hydrogen (secondary N) is 1. The lowest BCUT2D eigenvalue weighted by Crippen LogP contribution is -2.59. The zero-order valence-corrected chi connectivity index (χ0v) is 37.8. The van der Waals surface area contributed by atoms with Gasteiger partial charge in [-0.2, -0.15) is 5.26 Å². The van der Waals surface area contributed by atoms with Crippen molar-refractivity contribution in [2.75, 3.05) is 57.3 Å². The van der Waals surface area contributed by atoms with E-state index in [0.29, 0.717) is 98.0 Å². The van der Waals surface area contributed by atoms with E-state index in [9.17, 15) is 29.7 Å². The Morgan fingerprint density at radius 1 is 0.985 bits per heavy atom. The topological polar surface area (TPSA) is 223 Å². The van der Waals surface area contributed by atoms with E-state index in [1.807, 2.05) is 18.2 Å². The number of nitrogens with zero attached hydrogens (tertiary/aromatic N) is 9. The first-order valence-corrected chi connectivity index (χ1v) is 23.2. The van der Waals surface area contributed by atoms with Crippen molar-refractivity contribution in [2.45, 2.75) is 82.8 Å². The van der Waals surface area contributed by atoms with Crippen LogP contribution >= 0.6 is 11.6 Å². The molecule has 19 heteroatoms. The summed E-state index contributed by atoms with van der Waals surface area (Å²) in [6.45, 7) is 7.27. The lowest BCUT2D eigenvalue weighted by Gasteiger charge is -2.44. The number of phenols is 1. The highest BCUT2D eigenvalue weighted by molar-refractivity contribution is 6.31. The monoisotopic (exact) mass is 930 g/mol. The van der Waals surface area contributed by atoms with Crippen molar-refractivity contribution in [2.24, 2.45) is 0 Å². The number of anilines is 1. The Labute approximate surface area is 390 Å². The van der Waals surface area contributed by atoms with E-state index in [2.05, 4.69) is 35.1 Å². The van der Waals surface area contributed by atoms with Crippen LogP contribution < -0.4 is 20.5 Å². The molecule has 348 valence electrons. The number of aliphatic hydroxyl groups excluding tert-OH is 1. The summed E-state index contributed by atoms with van der Waals surface area (Å²) in [6.07, 6.45) is 2.35. The number of aromatic nitrogens is 4. The van der Waals surface area contributed by atoms with Crippen LogP contribution in [0, 0.1) is 11.3 Å². The van der Waals surface area contributed by atoms with Crippen molar-refractivity contribution in [1.82, 2.24) is 39.8 Å². The number of cyclic esters (lactones) is 1. The molecule has 2 saturated heterocycles. The largest absolute Gasteiger partial charge is 0.508 e. The summed E-state index contributed by atoms with van der Waals surface area (Å²) < 4.78 is 12.9. The second-order valence-corrected chi connectivity index (χ2v) is 18.4. The third kappa shape index (κ3) is 8.45. The fourth-order valence-electron chi connectivity index (χ4n) is 10.1. The number of rotatable bonds is 10. The van der Waals surface area contributed by atoms with Gasteiger partial charge in [0.05, 0.1) is 45.7 Å². The Hall–Kier alpha value is -6.20. The number of hydrogen-bond acceptors (Lipinski definition) is 16. The van der Waals surface area contributed by atoms with Crippen LogP contribution in [0.3, 0.4) is 0 Å². The quantitative estimate of drug-likeness (QED) is 0.145. The summed E-state index contributed by atoms with van der Waals surface area (Å²) >= 11 is 6.16. The van der Waals surface area contributed by atoms with Gasteiger partial charge in [-0.05, 0) is 80.6 Å². The molecule has 5 aromatic rings. The van der Waals surface area contributed by atoms with Crippen LogP contribution in [-0.4, -0.2) is 132 Å². The van der Waals surface area contributed by atoms with Crippen LogP contribution in [0.1, 0.15) is 77.3 Å². The van der Waals surface area contributed by atoms with E-state index >= 15 is 0 Å². The summed E-state index contributed by atoms with van der Waals surface area (Å²) in [5.41, 5.74) is 2.28. The summed E-state index contributed by atoms with van der Waals surface area (Å²) in [7, 11) is 0. The highest BCUT2D eigenvalue weighted by Crippen LogP contribution is 2.40. The number of halogens is 1. The van der Waals surface area contributed by atoms with Crippen LogP contribution in [-0.2, 0) is 34.8 Å². The molecular formula is C48H51ClN10O8. The second kappa shape index (κ2) is 18.1. The summed E-state index contributed by atoms with van der Waals surface area (Å²) in [5, 5.41) is 55.9. The molecule has 1 saturated carbocycles. The third-order valence-corrected chi connectivity index (χ3v) is 14.4. The number of aliphatic hydroxyl groups is 2. The molecule has 2 aromatic carbocycles. The number of nitriles is 1. The molecule has 3 fully saturated rings. The molecule has 2 atom stereocenters. The number of ether oxygens (including phenoxy) is 2. The molecule has 5 aliphatic rings. The van der Waals surface area contributed by atoms with Crippen LogP contribution in [0.25, 0.3) is 22.3 Å². The van der Waals surface area contributed by atoms with Crippen molar-refractivity contribution < 1.29 is 34.4 Å². The minimum Gasteiger partial charge on any atom is -0.508 e. The van der Waals surface area contributed by atoms with Gasteiger partial charge < -0.3 is 39.6 Å². The molecule has 67 heavy (non-hydrogen) atoms. The molecule has 18 nitrogen and oxygen atoms in total. The predicted octanol–water partition coefficient (Wildman–Crippen LogP) is 3.44. The Kier molecular flexibility index (Phi) is 12.1. The highest BCUT2D eigenvalue weighted by Gasteiger charge is 2.45. The number of carbonyl (C=O) groups excluding carboxylic acids is 2. The van der Waals surface area contributed by atoms with E-state index in [1.54, 1.807) is 54.0 Å². The number of esters is 1. The van der Waals surface area contributed by atoms with Crippen molar-refractivity contribution >= 4 is 40.2 Å². The maximum absolute atomic E-state index is 13.7. The molecule has 10 rings (SSSR count). The molecule has 3 aromatic heterocycles. The first-order valence-electron chi connectivity index (χ1n) is 22.9. The first-order chi connectivity index (χ1) is 32.4. The Balaban J connectivity index is 0.701. The highest BCUT2D eigenvalue weighted by atomic mass is 35.5. The van der Waals surface area contributed by atoms with Crippen molar-refractivity contribution in [3.8, 4) is 29.0 Å². The van der Waals surface area contributed by atoms with Gasteiger partial charge in [-0.15, -0.1) is 10.2 Å². The van der Waals surface area contributed by atoms with Gasteiger partial charge in [-0.1, -0.05) is 18.5 Å². The Morgan fingerprint density at radius 3 is 2.42 bits per heavy atom. The summed E-state index contributed by atoms with van der Waals surface area (Å²) in [4.78, 5) is 52.8. The zero-order chi connectivity index (χ0) is 46.6. The zero-order valence-electron chi connectivity index (χ0n) is 37.0. The van der Waals surface area contributed by atoms with E-state index in [4.69, 9.17) is 31.3 Å². The maximum Gasteiger partial charge on any atom is 0.343 e. The molecule has 1 aliphatic carbocycles. The number of fused-ring (bicyclic) bond motifs is 5. The molecule has 0 radical (unpaired) electrons. The number of amides is 1. The van der Waals surface area contributed by atoms with E-state index < -0.39 is 17.9 Å². The third-order valence-electron chi connectivity index (χ3n) is 14.1. The average molecular weight is 931 g/mol. The number of benzene rings is 2. The van der Waals surface area contributed by atoms with Crippen LogP contribution in [0.2, 0.25) is 5.02 Å². The van der Waals surface area contributed by atoms with Gasteiger partial charge in [-0.3, -0.25) is 24.3 Å². The van der Waals surface area contributed by atoms with Gasteiger partial charge in [0.1, 0.15) is 24.2 Å². The minimum absolute atomic E-state index is 0.00220. The average Bonchev–Trinajstić information content (AvgIpc) is 3.71. The number of hydrogen-bond donors (Lipinski definition) is 4. The van der Waals surface area contributed by atoms with Gasteiger partial charge in [0.2, 0.25) is 0 Å². The summed E-state index contributed by atoms with van der Waals surface area (Å²) in [5.74, 6) is 0.417. The predicted molar refractivity (Wildman–Crippen MR) is 245 cm³/mol. The lowest BCUT2D eigenvalue weighted by molar-refractivity contribution is -0.172. The summed E-state index contributed by atoms with van der Waals surface area (Å²) in [6, 6.07) is 17.7. The van der Waals surface area contributed by atoms with Gasteiger partial charge in [-0.25, -0.2) is 9.78 Å². The fourth-order valence-corrected chi connectivity index (χ4v) is 10.3. The molecule has 4 N–H and O–H groups in total. The number of phenolic OH excluding ortho intramolecular Hbond substituents is 1. The Morgan fingerprint density at radius 2 is 1.73 bits per heavy atom. The second-order valence-electron chi connectivity index (χ2n) is 18.0. The number of pyridine rings is 2. The molecule has 4 aliphatic heterocycles. The smallest absolute Gasteiger partial charge is 0.343 e. The van der Waals surface area contributed by atoms with E-state index in [-0.39, 0.29) is 65.8 Å². The van der Waals surface area contributed by atoms with Crippen LogP contribution in [0.15, 0.2) is 59.4 Å². The van der Waals surface area contributed by atoms with Crippen LogP contribution in [0.5, 0.6) is 11.5 Å². The SMILES string of the molecule is CC[C@@]1(O)C(=O)OCc2c1cc1n(c2=O)Cc2cc3c(CN4CCN(C(O)N5CCN(c6ccc(C(=O)N[C@H]7CC[C@H](Oc8ccc(C#N)c(Cl)c8)CC7)nn6)CC5)CC4)c(O)ccc3nc2-1. The van der Waals surface area contributed by atoms with Gasteiger partial charge >= 0.3 is 5.97 Å². The minimum atomic E-state index is -1.91. The van der Waals surface area contributed by atoms with Crippen molar-refractivity contribution in [3.63, 3.8) is 0 Å². The van der Waals surface area contributed by atoms with E-state index in [0.717, 1.165) is 42.2 Å². The standard InChI is InChI=1S/C48H51ClN10O8/c1-2-48(65)36-23-40-43-29(25-59(40)45(62)35(36)27-66-46(48)63)21-33-34(41(60)11-9-38(33)52-43)26-55-13-15-57(16-14-55)47(64)58-19-17-56(18-20-58)42-12-10-39(53-54-42)44(61)51-30-4-7-31(8-5-30)67-32-6-3-28(24-50)37(49)22-32/h3,6,9-12,21-23,30-31,47,60,64-65H,2,4-5,7-8,13-20,25-27H2,1H3,(H,51,61)/t30-,31-,47?,48-/m0/s1. The van der Waals surface area contributed by atoms with Crippen LogP contribution in [0.4, 0.5) is 5.82 Å². The number of aromatic hydroxyl groups is 1. The molecule has 7 heterocycles. The maximum atomic E-state index is 13.7. The molecule has 1 unspecified atom stereocenters. The fraction of sp³-hybridized carbons (Fsp3) is 0.438. The number of piperazine rings is 2. The lowest BCUT2D eigenvalue weighted by atomic mass is 9.86. The van der Waals surface area contributed by atoms with Gasteiger partial charge in [0.15, 0.2) is 23.5 Å². The Bertz CT molecular complexity index is 2850. The molecule has 1 amide bonds. The normalized spacial score (nSPS) is 22.6. The first kappa shape index (κ1) is 44.6. The molecular weight excluding hydrogens is 880 g/mol. The van der Waals surface area contributed by atoms with Crippen molar-refractivity contribution in [3.05, 3.63) is 103 Å². The van der Waals surface area contributed by atoms with E-state index in [1.165, 1.54) is 0 Å². The number of carbonyl (C=O) groups is 2. The van der Waals surface area contributed by atoms with Gasteiger partial charge in [0.25, 0.3) is 11.5 Å². The van der Waals surface area contributed by atoms with Crippen molar-refractivity contribution in [1.29, 1.82) is 5.26 Å². The molecule has 0 spiro atoms. The molecule has 0 bridgehead atoms. The van der Waals surface area contributed by atoms with Gasteiger partial charge in [0, 0.05) is 93.1 Å².